The summed E-state index contributed by atoms with van der Waals surface area (Å²) in [7, 11) is 0. The molecule has 1 aromatic rings. The van der Waals surface area contributed by atoms with Crippen LogP contribution in [0, 0.1) is 5.41 Å². The van der Waals surface area contributed by atoms with E-state index in [1.54, 1.807) is 11.3 Å². The van der Waals surface area contributed by atoms with E-state index >= 15 is 0 Å². The number of hydrogen-bond donors (Lipinski definition) is 3. The van der Waals surface area contributed by atoms with Crippen molar-refractivity contribution in [3.63, 3.8) is 0 Å². The first-order chi connectivity index (χ1) is 7.93. The number of thiophene rings is 1. The Kier molecular flexibility index (Phi) is 5.13. The molecule has 0 radical (unpaired) electrons. The summed E-state index contributed by atoms with van der Waals surface area (Å²) in [6.45, 7) is 7.71. The van der Waals surface area contributed by atoms with E-state index < -0.39 is 5.41 Å². The van der Waals surface area contributed by atoms with Crippen LogP contribution in [0.5, 0.6) is 0 Å². The molecule has 0 fully saturated rings. The predicted molar refractivity (Wildman–Crippen MR) is 72.5 cm³/mol. The molecule has 0 aliphatic heterocycles. The van der Waals surface area contributed by atoms with Crippen LogP contribution in [0.15, 0.2) is 17.5 Å². The maximum absolute atomic E-state index is 9.20. The summed E-state index contributed by atoms with van der Waals surface area (Å²) in [4.78, 5) is 1.35. The minimum Gasteiger partial charge on any atom is -0.396 e. The number of aliphatic hydroxyl groups is 2. The summed E-state index contributed by atoms with van der Waals surface area (Å²) in [5.74, 6) is 0. The second-order valence-corrected chi connectivity index (χ2v) is 6.54. The second-order valence-electron chi connectivity index (χ2n) is 5.59. The third kappa shape index (κ3) is 4.07. The zero-order chi connectivity index (χ0) is 12.9. The average Bonchev–Trinajstić information content (AvgIpc) is 2.82. The predicted octanol–water partition coefficient (Wildman–Crippen LogP) is 1.61. The maximum atomic E-state index is 9.20. The lowest BCUT2D eigenvalue weighted by Gasteiger charge is -2.29. The van der Waals surface area contributed by atoms with E-state index in [0.717, 1.165) is 6.54 Å². The van der Waals surface area contributed by atoms with Crippen LogP contribution in [-0.4, -0.2) is 36.5 Å². The Bertz CT molecular complexity index is 318. The fourth-order valence-corrected chi connectivity index (χ4v) is 2.44. The van der Waals surface area contributed by atoms with Crippen molar-refractivity contribution in [1.82, 2.24) is 5.32 Å². The molecule has 1 aromatic heterocycles. The van der Waals surface area contributed by atoms with Gasteiger partial charge in [0.25, 0.3) is 0 Å². The van der Waals surface area contributed by atoms with Crippen molar-refractivity contribution in [3.8, 4) is 0 Å². The standard InChI is InChI=1S/C13H23NO2S/c1-12(2,11-5-4-6-17-11)7-14-8-13(3,9-15)10-16/h4-6,14-16H,7-10H2,1-3H3. The van der Waals surface area contributed by atoms with Crippen molar-refractivity contribution in [2.75, 3.05) is 26.3 Å². The van der Waals surface area contributed by atoms with Crippen LogP contribution in [0.3, 0.4) is 0 Å². The van der Waals surface area contributed by atoms with E-state index in [4.69, 9.17) is 0 Å². The lowest BCUT2D eigenvalue weighted by molar-refractivity contribution is 0.0688. The van der Waals surface area contributed by atoms with E-state index in [1.807, 2.05) is 6.92 Å². The topological polar surface area (TPSA) is 52.5 Å². The van der Waals surface area contributed by atoms with Gasteiger partial charge in [0.2, 0.25) is 0 Å². The van der Waals surface area contributed by atoms with E-state index in [9.17, 15) is 10.2 Å². The summed E-state index contributed by atoms with van der Waals surface area (Å²) >= 11 is 1.76. The highest BCUT2D eigenvalue weighted by molar-refractivity contribution is 7.10. The van der Waals surface area contributed by atoms with Crippen LogP contribution < -0.4 is 5.32 Å². The number of aliphatic hydroxyl groups excluding tert-OH is 2. The van der Waals surface area contributed by atoms with Gasteiger partial charge in [-0.25, -0.2) is 0 Å². The van der Waals surface area contributed by atoms with Crippen molar-refractivity contribution < 1.29 is 10.2 Å². The normalized spacial score (nSPS) is 13.0. The Labute approximate surface area is 107 Å². The Morgan fingerprint density at radius 1 is 1.18 bits per heavy atom. The molecular weight excluding hydrogens is 234 g/mol. The average molecular weight is 257 g/mol. The summed E-state index contributed by atoms with van der Waals surface area (Å²) < 4.78 is 0. The van der Waals surface area contributed by atoms with Crippen LogP contribution in [0.4, 0.5) is 0 Å². The smallest absolute Gasteiger partial charge is 0.0518 e. The van der Waals surface area contributed by atoms with E-state index in [0.29, 0.717) is 6.54 Å². The van der Waals surface area contributed by atoms with E-state index in [1.165, 1.54) is 4.88 Å². The van der Waals surface area contributed by atoms with Gasteiger partial charge >= 0.3 is 0 Å². The number of rotatable bonds is 7. The van der Waals surface area contributed by atoms with Gasteiger partial charge in [-0.05, 0) is 11.4 Å². The molecule has 0 aliphatic rings. The first-order valence-corrected chi connectivity index (χ1v) is 6.78. The molecule has 98 valence electrons. The number of nitrogens with one attached hydrogen (secondary N) is 1. The molecule has 4 heteroatoms. The van der Waals surface area contributed by atoms with Crippen LogP contribution >= 0.6 is 11.3 Å². The highest BCUT2D eigenvalue weighted by atomic mass is 32.1. The lowest BCUT2D eigenvalue weighted by atomic mass is 9.89. The van der Waals surface area contributed by atoms with Crippen molar-refractivity contribution in [2.45, 2.75) is 26.2 Å². The molecule has 17 heavy (non-hydrogen) atoms. The molecule has 0 unspecified atom stereocenters. The SMILES string of the molecule is CC(CO)(CO)CNCC(C)(C)c1cccs1. The molecule has 0 aromatic carbocycles. The van der Waals surface area contributed by atoms with Crippen LogP contribution in [0.2, 0.25) is 0 Å². The molecule has 0 amide bonds. The first-order valence-electron chi connectivity index (χ1n) is 5.90. The van der Waals surface area contributed by atoms with Crippen LogP contribution in [-0.2, 0) is 5.41 Å². The van der Waals surface area contributed by atoms with Gasteiger partial charge in [0.05, 0.1) is 13.2 Å². The minimum atomic E-state index is -0.439. The zero-order valence-electron chi connectivity index (χ0n) is 10.9. The molecule has 3 nitrogen and oxygen atoms in total. The molecule has 0 aliphatic carbocycles. The summed E-state index contributed by atoms with van der Waals surface area (Å²) in [6.07, 6.45) is 0. The molecule has 0 spiro atoms. The van der Waals surface area contributed by atoms with Crippen molar-refractivity contribution in [1.29, 1.82) is 0 Å². The molecule has 1 rings (SSSR count). The fraction of sp³-hybridized carbons (Fsp3) is 0.692. The Morgan fingerprint density at radius 3 is 2.29 bits per heavy atom. The quantitative estimate of drug-likeness (QED) is 0.695. The zero-order valence-corrected chi connectivity index (χ0v) is 11.7. The van der Waals surface area contributed by atoms with Crippen molar-refractivity contribution in [2.24, 2.45) is 5.41 Å². The Morgan fingerprint density at radius 2 is 1.82 bits per heavy atom. The van der Waals surface area contributed by atoms with Gasteiger partial charge in [-0.2, -0.15) is 0 Å². The molecule has 0 bridgehead atoms. The van der Waals surface area contributed by atoms with Crippen molar-refractivity contribution in [3.05, 3.63) is 22.4 Å². The molecule has 0 saturated heterocycles. The first kappa shape index (κ1) is 14.6. The highest BCUT2D eigenvalue weighted by Gasteiger charge is 2.25. The number of hydrogen-bond acceptors (Lipinski definition) is 4. The Balaban J connectivity index is 2.46. The summed E-state index contributed by atoms with van der Waals surface area (Å²) in [5.41, 5.74) is -0.356. The van der Waals surface area contributed by atoms with Gasteiger partial charge in [0.15, 0.2) is 0 Å². The fourth-order valence-electron chi connectivity index (χ4n) is 1.59. The van der Waals surface area contributed by atoms with Gasteiger partial charge in [-0.3, -0.25) is 0 Å². The summed E-state index contributed by atoms with van der Waals surface area (Å²) in [6, 6.07) is 4.21. The molecule has 1 heterocycles. The molecule has 0 saturated carbocycles. The minimum absolute atomic E-state index is 0.00404. The monoisotopic (exact) mass is 257 g/mol. The molecule has 0 atom stereocenters. The van der Waals surface area contributed by atoms with Gasteiger partial charge in [0, 0.05) is 28.8 Å². The highest BCUT2D eigenvalue weighted by Crippen LogP contribution is 2.26. The second kappa shape index (κ2) is 5.96. The molecule has 3 N–H and O–H groups in total. The largest absolute Gasteiger partial charge is 0.396 e. The van der Waals surface area contributed by atoms with Crippen molar-refractivity contribution >= 4 is 11.3 Å². The molecular formula is C13H23NO2S. The van der Waals surface area contributed by atoms with E-state index in [2.05, 4.69) is 36.7 Å². The van der Waals surface area contributed by atoms with Gasteiger partial charge in [0.1, 0.15) is 0 Å². The third-order valence-electron chi connectivity index (χ3n) is 3.07. The lowest BCUT2D eigenvalue weighted by Crippen LogP contribution is -2.42. The van der Waals surface area contributed by atoms with Crippen LogP contribution in [0.1, 0.15) is 25.6 Å². The van der Waals surface area contributed by atoms with Gasteiger partial charge in [-0.1, -0.05) is 26.8 Å². The van der Waals surface area contributed by atoms with Crippen LogP contribution in [0.25, 0.3) is 0 Å². The summed E-state index contributed by atoms with van der Waals surface area (Å²) in [5, 5.41) is 23.8. The Hall–Kier alpha value is -0.420. The third-order valence-corrected chi connectivity index (χ3v) is 4.31. The van der Waals surface area contributed by atoms with E-state index in [-0.39, 0.29) is 18.6 Å². The van der Waals surface area contributed by atoms with Gasteiger partial charge in [-0.15, -0.1) is 11.3 Å². The maximum Gasteiger partial charge on any atom is 0.0518 e. The van der Waals surface area contributed by atoms with Gasteiger partial charge < -0.3 is 15.5 Å².